The first kappa shape index (κ1) is 18.9. The van der Waals surface area contributed by atoms with Crippen LogP contribution in [-0.4, -0.2) is 17.0 Å². The van der Waals surface area contributed by atoms with Crippen LogP contribution in [0.2, 0.25) is 0 Å². The van der Waals surface area contributed by atoms with Crippen LogP contribution < -0.4 is 4.74 Å². The molecule has 0 saturated heterocycles. The fourth-order valence-electron chi connectivity index (χ4n) is 2.22. The predicted octanol–water partition coefficient (Wildman–Crippen LogP) is 4.83. The smallest absolute Gasteiger partial charge is 0.328 e. The molecule has 0 aliphatic rings. The summed E-state index contributed by atoms with van der Waals surface area (Å²) in [7, 11) is 0. The summed E-state index contributed by atoms with van der Waals surface area (Å²) in [5.74, 6) is -0.715. The van der Waals surface area contributed by atoms with E-state index in [1.807, 2.05) is 0 Å². The number of hydrogen-bond acceptors (Lipinski definition) is 3. The Bertz CT molecular complexity index is 503. The standard InChI is InChI=1S/C19H26O4/c1-2-3-4-5-6-7-8-9-19(22)23-17-13-10-16(11-14-17)12-15-18(20)21/h10-15H,2-9H2,1H3,(H,20,21). The Balaban J connectivity index is 2.22. The molecule has 0 spiro atoms. The van der Waals surface area contributed by atoms with Crippen molar-refractivity contribution in [1.29, 1.82) is 0 Å². The number of unbranched alkanes of at least 4 members (excludes halogenated alkanes) is 6. The van der Waals surface area contributed by atoms with Gasteiger partial charge in [0.1, 0.15) is 5.75 Å². The van der Waals surface area contributed by atoms with E-state index in [0.717, 1.165) is 24.5 Å². The normalized spacial score (nSPS) is 10.8. The number of carbonyl (C=O) groups is 2. The molecule has 0 amide bonds. The van der Waals surface area contributed by atoms with Gasteiger partial charge in [-0.15, -0.1) is 0 Å². The topological polar surface area (TPSA) is 63.6 Å². The Labute approximate surface area is 138 Å². The van der Waals surface area contributed by atoms with Gasteiger partial charge in [0, 0.05) is 12.5 Å². The monoisotopic (exact) mass is 318 g/mol. The average Bonchev–Trinajstić information content (AvgIpc) is 2.53. The zero-order chi connectivity index (χ0) is 16.9. The van der Waals surface area contributed by atoms with Crippen LogP contribution in [0.4, 0.5) is 0 Å². The number of carboxylic acid groups (broad SMARTS) is 1. The first-order chi connectivity index (χ1) is 11.1. The van der Waals surface area contributed by atoms with Crippen molar-refractivity contribution in [2.24, 2.45) is 0 Å². The molecule has 0 aliphatic heterocycles. The first-order valence-electron chi connectivity index (χ1n) is 8.33. The molecule has 0 radical (unpaired) electrons. The van der Waals surface area contributed by atoms with Crippen molar-refractivity contribution in [3.05, 3.63) is 35.9 Å². The molecule has 0 saturated carbocycles. The highest BCUT2D eigenvalue weighted by atomic mass is 16.5. The molecule has 0 heterocycles. The molecule has 4 nitrogen and oxygen atoms in total. The summed E-state index contributed by atoms with van der Waals surface area (Å²) in [5.41, 5.74) is 0.749. The maximum atomic E-state index is 11.7. The van der Waals surface area contributed by atoms with E-state index in [4.69, 9.17) is 9.84 Å². The molecule has 0 atom stereocenters. The Morgan fingerprint density at radius 2 is 1.61 bits per heavy atom. The zero-order valence-corrected chi connectivity index (χ0v) is 13.8. The first-order valence-corrected chi connectivity index (χ1v) is 8.33. The fourth-order valence-corrected chi connectivity index (χ4v) is 2.22. The number of carboxylic acids is 1. The van der Waals surface area contributed by atoms with Gasteiger partial charge in [-0.05, 0) is 30.2 Å². The van der Waals surface area contributed by atoms with Crippen molar-refractivity contribution in [3.63, 3.8) is 0 Å². The average molecular weight is 318 g/mol. The zero-order valence-electron chi connectivity index (χ0n) is 13.8. The van der Waals surface area contributed by atoms with Crippen LogP contribution in [0.3, 0.4) is 0 Å². The Kier molecular flexibility index (Phi) is 9.45. The van der Waals surface area contributed by atoms with Gasteiger partial charge in [-0.1, -0.05) is 57.6 Å². The molecule has 23 heavy (non-hydrogen) atoms. The predicted molar refractivity (Wildman–Crippen MR) is 91.4 cm³/mol. The third-order valence-electron chi connectivity index (χ3n) is 3.51. The Morgan fingerprint density at radius 1 is 1.00 bits per heavy atom. The quantitative estimate of drug-likeness (QED) is 0.275. The summed E-state index contributed by atoms with van der Waals surface area (Å²) in [5, 5.41) is 8.56. The van der Waals surface area contributed by atoms with Crippen LogP contribution in [0, 0.1) is 0 Å². The van der Waals surface area contributed by atoms with E-state index >= 15 is 0 Å². The number of aliphatic carboxylic acids is 1. The number of esters is 1. The summed E-state index contributed by atoms with van der Waals surface area (Å²) in [6.45, 7) is 2.20. The van der Waals surface area contributed by atoms with E-state index in [0.29, 0.717) is 12.2 Å². The minimum absolute atomic E-state index is 0.215. The maximum absolute atomic E-state index is 11.7. The molecule has 1 aromatic carbocycles. The molecular formula is C19H26O4. The molecule has 0 fully saturated rings. The lowest BCUT2D eigenvalue weighted by Crippen LogP contribution is -2.07. The van der Waals surface area contributed by atoms with Crippen LogP contribution in [0.1, 0.15) is 63.9 Å². The van der Waals surface area contributed by atoms with Gasteiger partial charge in [0.15, 0.2) is 0 Å². The van der Waals surface area contributed by atoms with Crippen molar-refractivity contribution in [2.45, 2.75) is 58.3 Å². The van der Waals surface area contributed by atoms with Crippen LogP contribution in [-0.2, 0) is 9.59 Å². The minimum Gasteiger partial charge on any atom is -0.478 e. The van der Waals surface area contributed by atoms with Gasteiger partial charge in [-0.25, -0.2) is 4.79 Å². The molecule has 1 rings (SSSR count). The Morgan fingerprint density at radius 3 is 2.22 bits per heavy atom. The van der Waals surface area contributed by atoms with Gasteiger partial charge in [-0.3, -0.25) is 4.79 Å². The molecular weight excluding hydrogens is 292 g/mol. The van der Waals surface area contributed by atoms with Crippen LogP contribution in [0.15, 0.2) is 30.3 Å². The minimum atomic E-state index is -0.991. The number of rotatable bonds is 11. The van der Waals surface area contributed by atoms with E-state index in [1.165, 1.54) is 38.2 Å². The number of hydrogen-bond donors (Lipinski definition) is 1. The molecule has 0 bridgehead atoms. The Hall–Kier alpha value is -2.10. The van der Waals surface area contributed by atoms with E-state index in [1.54, 1.807) is 24.3 Å². The molecule has 4 heteroatoms. The van der Waals surface area contributed by atoms with Gasteiger partial charge in [0.2, 0.25) is 0 Å². The summed E-state index contributed by atoms with van der Waals surface area (Å²) in [6.07, 6.45) is 11.2. The summed E-state index contributed by atoms with van der Waals surface area (Å²) in [6, 6.07) is 6.78. The van der Waals surface area contributed by atoms with Gasteiger partial charge in [-0.2, -0.15) is 0 Å². The second kappa shape index (κ2) is 11.5. The summed E-state index contributed by atoms with van der Waals surface area (Å²) < 4.78 is 5.26. The lowest BCUT2D eigenvalue weighted by atomic mass is 10.1. The fraction of sp³-hybridized carbons (Fsp3) is 0.474. The third-order valence-corrected chi connectivity index (χ3v) is 3.51. The van der Waals surface area contributed by atoms with E-state index in [9.17, 15) is 9.59 Å². The second-order valence-electron chi connectivity index (χ2n) is 5.59. The largest absolute Gasteiger partial charge is 0.478 e. The van der Waals surface area contributed by atoms with Gasteiger partial charge < -0.3 is 9.84 Å². The maximum Gasteiger partial charge on any atom is 0.328 e. The lowest BCUT2D eigenvalue weighted by Gasteiger charge is -2.05. The van der Waals surface area contributed by atoms with Crippen LogP contribution in [0.25, 0.3) is 6.08 Å². The molecule has 0 aliphatic carbocycles. The van der Waals surface area contributed by atoms with E-state index in [2.05, 4.69) is 6.92 Å². The molecule has 0 aromatic heterocycles. The molecule has 0 unspecified atom stereocenters. The summed E-state index contributed by atoms with van der Waals surface area (Å²) >= 11 is 0. The number of ether oxygens (including phenoxy) is 1. The lowest BCUT2D eigenvalue weighted by molar-refractivity contribution is -0.134. The van der Waals surface area contributed by atoms with Crippen molar-refractivity contribution >= 4 is 18.0 Å². The van der Waals surface area contributed by atoms with E-state index < -0.39 is 5.97 Å². The third kappa shape index (κ3) is 9.51. The van der Waals surface area contributed by atoms with Crippen molar-refractivity contribution in [1.82, 2.24) is 0 Å². The van der Waals surface area contributed by atoms with Crippen LogP contribution >= 0.6 is 0 Å². The highest BCUT2D eigenvalue weighted by Gasteiger charge is 2.04. The van der Waals surface area contributed by atoms with E-state index in [-0.39, 0.29) is 5.97 Å². The highest BCUT2D eigenvalue weighted by Crippen LogP contribution is 2.15. The molecule has 1 aromatic rings. The van der Waals surface area contributed by atoms with Crippen molar-refractivity contribution in [3.8, 4) is 5.75 Å². The van der Waals surface area contributed by atoms with Crippen molar-refractivity contribution < 1.29 is 19.4 Å². The molecule has 126 valence electrons. The number of benzene rings is 1. The van der Waals surface area contributed by atoms with Gasteiger partial charge in [0.25, 0.3) is 0 Å². The SMILES string of the molecule is CCCCCCCCCC(=O)Oc1ccc(C=CC(=O)O)cc1. The second-order valence-corrected chi connectivity index (χ2v) is 5.59. The number of carbonyl (C=O) groups excluding carboxylic acids is 1. The van der Waals surface area contributed by atoms with Crippen molar-refractivity contribution in [2.75, 3.05) is 0 Å². The molecule has 1 N–H and O–H groups in total. The van der Waals surface area contributed by atoms with Crippen LogP contribution in [0.5, 0.6) is 5.75 Å². The van der Waals surface area contributed by atoms with Gasteiger partial charge in [0.05, 0.1) is 0 Å². The summed E-state index contributed by atoms with van der Waals surface area (Å²) in [4.78, 5) is 22.2. The van der Waals surface area contributed by atoms with Gasteiger partial charge >= 0.3 is 11.9 Å². The highest BCUT2D eigenvalue weighted by molar-refractivity contribution is 5.85.